The molecule has 0 saturated heterocycles. The Bertz CT molecular complexity index is 206. The number of aliphatic hydroxyl groups is 1. The summed E-state index contributed by atoms with van der Waals surface area (Å²) in [6.07, 6.45) is -0.458. The van der Waals surface area contributed by atoms with Gasteiger partial charge in [-0.1, -0.05) is 12.1 Å². The van der Waals surface area contributed by atoms with Crippen LogP contribution in [0.25, 0.3) is 0 Å². The zero-order chi connectivity index (χ0) is 7.56. The minimum absolute atomic E-state index is 0. The van der Waals surface area contributed by atoms with Gasteiger partial charge in [0.25, 0.3) is 0 Å². The van der Waals surface area contributed by atoms with Crippen LogP contribution in [-0.4, -0.2) is 39.8 Å². The summed E-state index contributed by atoms with van der Waals surface area (Å²) < 4.78 is 0. The molecule has 11 heavy (non-hydrogen) atoms. The van der Waals surface area contributed by atoms with Gasteiger partial charge in [-0.15, -0.1) is 0 Å². The van der Waals surface area contributed by atoms with Crippen molar-refractivity contribution in [3.8, 4) is 5.75 Å². The van der Waals surface area contributed by atoms with Crippen LogP contribution in [0.2, 0.25) is 0 Å². The molecule has 1 aromatic rings. The third-order valence-electron chi connectivity index (χ3n) is 1.38. The Morgan fingerprint density at radius 1 is 1.18 bits per heavy atom. The van der Waals surface area contributed by atoms with Crippen molar-refractivity contribution in [2.75, 3.05) is 0 Å². The van der Waals surface area contributed by atoms with Crippen LogP contribution < -0.4 is 0 Å². The zero-order valence-electron chi connectivity index (χ0n) is 5.78. The third-order valence-corrected chi connectivity index (χ3v) is 1.38. The van der Waals surface area contributed by atoms with Crippen LogP contribution >= 0.6 is 0 Å². The Labute approximate surface area is 88.2 Å². The molecule has 1 atom stereocenters. The number of phenolic OH excluding ortho intramolecular Hbond substituents is 1. The van der Waals surface area contributed by atoms with Gasteiger partial charge in [-0.2, -0.15) is 0 Å². The first-order valence-corrected chi connectivity index (χ1v) is 3.17. The molecule has 0 aliphatic rings. The molecule has 0 fully saturated rings. The maximum absolute atomic E-state index is 9.03. The number of benzene rings is 1. The molecule has 3 heteroatoms. The van der Waals surface area contributed by atoms with Crippen LogP contribution in [0.3, 0.4) is 0 Å². The van der Waals surface area contributed by atoms with Gasteiger partial charge in [-0.05, 0) is 24.6 Å². The number of aromatic hydroxyl groups is 1. The van der Waals surface area contributed by atoms with Crippen molar-refractivity contribution in [1.29, 1.82) is 0 Å². The number of phenols is 1. The molecule has 0 amide bonds. The molecule has 0 spiro atoms. The molecule has 1 rings (SSSR count). The van der Waals surface area contributed by atoms with Gasteiger partial charge in [0.2, 0.25) is 0 Å². The van der Waals surface area contributed by atoms with Crippen LogP contribution in [-0.2, 0) is 0 Å². The fourth-order valence-electron chi connectivity index (χ4n) is 0.753. The Kier molecular flexibility index (Phi) is 4.77. The minimum atomic E-state index is -0.458. The molecule has 0 aromatic heterocycles. The van der Waals surface area contributed by atoms with Crippen LogP contribution in [0.1, 0.15) is 18.6 Å². The molecule has 2 nitrogen and oxygen atoms in total. The van der Waals surface area contributed by atoms with Crippen molar-refractivity contribution < 1.29 is 10.2 Å². The van der Waals surface area contributed by atoms with Crippen LogP contribution in [0.15, 0.2) is 24.3 Å². The van der Waals surface area contributed by atoms with E-state index in [4.69, 9.17) is 10.2 Å². The summed E-state index contributed by atoms with van der Waals surface area (Å²) in [6.45, 7) is 1.69. The van der Waals surface area contributed by atoms with Gasteiger partial charge in [0.15, 0.2) is 0 Å². The Balaban J connectivity index is 0.000001000. The van der Waals surface area contributed by atoms with Crippen molar-refractivity contribution in [1.82, 2.24) is 0 Å². The molecule has 0 radical (unpaired) electrons. The van der Waals surface area contributed by atoms with E-state index >= 15 is 0 Å². The Hall–Kier alpha value is -0.0200. The molecular weight excluding hydrogens is 151 g/mol. The second-order valence-corrected chi connectivity index (χ2v) is 2.27. The monoisotopic (exact) mass is 162 g/mol. The fourth-order valence-corrected chi connectivity index (χ4v) is 0.753. The molecular formula is C8H11NaO2. The fraction of sp³-hybridized carbons (Fsp3) is 0.250. The second-order valence-electron chi connectivity index (χ2n) is 2.27. The predicted molar refractivity (Wildman–Crippen MR) is 45.9 cm³/mol. The predicted octanol–water partition coefficient (Wildman–Crippen LogP) is 0.797. The van der Waals surface area contributed by atoms with E-state index in [1.165, 1.54) is 0 Å². The van der Waals surface area contributed by atoms with E-state index in [1.807, 2.05) is 0 Å². The van der Waals surface area contributed by atoms with Crippen LogP contribution in [0.4, 0.5) is 0 Å². The van der Waals surface area contributed by atoms with Gasteiger partial charge in [-0.3, -0.25) is 0 Å². The molecule has 0 aliphatic carbocycles. The van der Waals surface area contributed by atoms with Crippen LogP contribution in [0.5, 0.6) is 5.75 Å². The molecule has 2 N–H and O–H groups in total. The maximum atomic E-state index is 9.03. The average Bonchev–Trinajstić information content (AvgIpc) is 1.88. The van der Waals surface area contributed by atoms with E-state index in [0.29, 0.717) is 0 Å². The zero-order valence-corrected chi connectivity index (χ0v) is 5.78. The summed E-state index contributed by atoms with van der Waals surface area (Å²) in [6, 6.07) is 6.50. The van der Waals surface area contributed by atoms with Gasteiger partial charge in [0, 0.05) is 0 Å². The Morgan fingerprint density at radius 2 is 1.64 bits per heavy atom. The molecule has 1 unspecified atom stereocenters. The summed E-state index contributed by atoms with van der Waals surface area (Å²) in [5.41, 5.74) is 0.817. The summed E-state index contributed by atoms with van der Waals surface area (Å²) in [4.78, 5) is 0. The first-order valence-electron chi connectivity index (χ1n) is 3.17. The average molecular weight is 162 g/mol. The van der Waals surface area contributed by atoms with Crippen molar-refractivity contribution in [3.05, 3.63) is 29.8 Å². The molecule has 0 saturated carbocycles. The van der Waals surface area contributed by atoms with Gasteiger partial charge in [0.05, 0.1) is 6.10 Å². The quantitative estimate of drug-likeness (QED) is 0.599. The van der Waals surface area contributed by atoms with E-state index in [9.17, 15) is 0 Å². The van der Waals surface area contributed by atoms with E-state index in [1.54, 1.807) is 31.2 Å². The summed E-state index contributed by atoms with van der Waals surface area (Å²) in [5.74, 6) is 0.226. The molecule has 56 valence electrons. The van der Waals surface area contributed by atoms with Crippen molar-refractivity contribution in [2.45, 2.75) is 13.0 Å². The van der Waals surface area contributed by atoms with Gasteiger partial charge < -0.3 is 10.2 Å². The van der Waals surface area contributed by atoms with E-state index < -0.39 is 6.10 Å². The first kappa shape index (κ1) is 11.0. The Morgan fingerprint density at radius 3 is 2.00 bits per heavy atom. The third kappa shape index (κ3) is 3.25. The van der Waals surface area contributed by atoms with Gasteiger partial charge >= 0.3 is 29.6 Å². The van der Waals surface area contributed by atoms with E-state index in [2.05, 4.69) is 0 Å². The summed E-state index contributed by atoms with van der Waals surface area (Å²) in [5, 5.41) is 17.9. The molecule has 0 bridgehead atoms. The SMILES string of the molecule is CC(O)c1ccc(O)cc1.[NaH]. The molecule has 1 aromatic carbocycles. The van der Waals surface area contributed by atoms with E-state index in [0.717, 1.165) is 5.56 Å². The normalized spacial score (nSPS) is 11.8. The standard InChI is InChI=1S/C8H10O2.Na.H/c1-6(9)7-2-4-8(10)5-3-7;;/h2-6,9-10H,1H3;;. The van der Waals surface area contributed by atoms with Crippen molar-refractivity contribution in [2.24, 2.45) is 0 Å². The summed E-state index contributed by atoms with van der Waals surface area (Å²) >= 11 is 0. The molecule has 0 heterocycles. The molecule has 0 aliphatic heterocycles. The van der Waals surface area contributed by atoms with Crippen molar-refractivity contribution >= 4 is 29.6 Å². The summed E-state index contributed by atoms with van der Waals surface area (Å²) in [7, 11) is 0. The van der Waals surface area contributed by atoms with Gasteiger partial charge in [0.1, 0.15) is 5.75 Å². The topological polar surface area (TPSA) is 40.5 Å². The number of hydrogen-bond donors (Lipinski definition) is 2. The van der Waals surface area contributed by atoms with Gasteiger partial charge in [-0.25, -0.2) is 0 Å². The first-order chi connectivity index (χ1) is 4.70. The number of rotatable bonds is 1. The second kappa shape index (κ2) is 4.78. The van der Waals surface area contributed by atoms with E-state index in [-0.39, 0.29) is 35.3 Å². The van der Waals surface area contributed by atoms with Crippen molar-refractivity contribution in [3.63, 3.8) is 0 Å². The number of hydrogen-bond acceptors (Lipinski definition) is 2. The number of aliphatic hydroxyl groups excluding tert-OH is 1. The van der Waals surface area contributed by atoms with Crippen LogP contribution in [0, 0.1) is 0 Å².